The van der Waals surface area contributed by atoms with Crippen molar-refractivity contribution < 1.29 is 0 Å². The molecule has 0 bridgehead atoms. The molecule has 1 aliphatic heterocycles. The van der Waals surface area contributed by atoms with Gasteiger partial charge in [0.15, 0.2) is 0 Å². The molecule has 0 radical (unpaired) electrons. The summed E-state index contributed by atoms with van der Waals surface area (Å²) in [5, 5.41) is 2.38. The second-order valence-electron chi connectivity index (χ2n) is 3.16. The van der Waals surface area contributed by atoms with Crippen LogP contribution in [0.1, 0.15) is 19.5 Å². The van der Waals surface area contributed by atoms with Gasteiger partial charge in [-0.3, -0.25) is 9.98 Å². The van der Waals surface area contributed by atoms with Crippen molar-refractivity contribution in [1.29, 1.82) is 0 Å². The molecule has 0 N–H and O–H groups in total. The van der Waals surface area contributed by atoms with Crippen molar-refractivity contribution in [2.45, 2.75) is 20.3 Å². The molecule has 2 aromatic rings. The van der Waals surface area contributed by atoms with Gasteiger partial charge in [0.1, 0.15) is 0 Å². The minimum atomic E-state index is 0.875. The molecule has 2 heterocycles. The Morgan fingerprint density at radius 1 is 1.13 bits per heavy atom. The number of benzene rings is 1. The molecule has 1 aromatic carbocycles. The highest BCUT2D eigenvalue weighted by molar-refractivity contribution is 5.96. The van der Waals surface area contributed by atoms with E-state index in [0.29, 0.717) is 0 Å². The summed E-state index contributed by atoms with van der Waals surface area (Å²) in [6, 6.07) is 8.22. The summed E-state index contributed by atoms with van der Waals surface area (Å²) in [5.41, 5.74) is 2.15. The Bertz CT molecular complexity index is 501. The molecule has 2 heteroatoms. The largest absolute Gasteiger partial charge is 0.258 e. The molecule has 0 saturated carbocycles. The van der Waals surface area contributed by atoms with Crippen LogP contribution >= 0.6 is 0 Å². The number of nitrogens with zero attached hydrogens (tertiary/aromatic N) is 2. The smallest absolute Gasteiger partial charge is 0.0923 e. The van der Waals surface area contributed by atoms with E-state index in [1.807, 2.05) is 38.4 Å². The van der Waals surface area contributed by atoms with Gasteiger partial charge in [0.25, 0.3) is 0 Å². The van der Waals surface area contributed by atoms with Gasteiger partial charge in [-0.15, -0.1) is 0 Å². The van der Waals surface area contributed by atoms with Gasteiger partial charge in [-0.2, -0.15) is 0 Å². The third kappa shape index (κ3) is 1.63. The standard InChI is InChI=1S/C11H8N2.C2H6/c1-2-4-9-8(3-1)7-13-10-5-6-12-11(9)10;1-2/h1-4,6-7H,5H2;1-2H3. The lowest BCUT2D eigenvalue weighted by Gasteiger charge is -2.01. The fourth-order valence-electron chi connectivity index (χ4n) is 1.71. The van der Waals surface area contributed by atoms with E-state index in [9.17, 15) is 0 Å². The topological polar surface area (TPSA) is 25.2 Å². The predicted molar refractivity (Wildman–Crippen MR) is 64.9 cm³/mol. The van der Waals surface area contributed by atoms with E-state index in [2.05, 4.69) is 22.1 Å². The zero-order valence-electron chi connectivity index (χ0n) is 9.07. The number of aromatic nitrogens is 1. The van der Waals surface area contributed by atoms with Crippen molar-refractivity contribution in [3.63, 3.8) is 0 Å². The Labute approximate surface area is 89.7 Å². The van der Waals surface area contributed by atoms with Gasteiger partial charge in [-0.1, -0.05) is 38.1 Å². The van der Waals surface area contributed by atoms with E-state index in [4.69, 9.17) is 0 Å². The van der Waals surface area contributed by atoms with Crippen molar-refractivity contribution in [3.05, 3.63) is 36.2 Å². The molecule has 76 valence electrons. The van der Waals surface area contributed by atoms with E-state index in [1.54, 1.807) is 0 Å². The highest BCUT2D eigenvalue weighted by Crippen LogP contribution is 2.30. The molecule has 15 heavy (non-hydrogen) atoms. The van der Waals surface area contributed by atoms with Crippen LogP contribution in [-0.4, -0.2) is 11.2 Å². The summed E-state index contributed by atoms with van der Waals surface area (Å²) in [7, 11) is 0. The summed E-state index contributed by atoms with van der Waals surface area (Å²) in [5.74, 6) is 0. The molecule has 2 nitrogen and oxygen atoms in total. The lowest BCUT2D eigenvalue weighted by molar-refractivity contribution is 1.20. The van der Waals surface area contributed by atoms with Crippen LogP contribution in [0.5, 0.6) is 0 Å². The third-order valence-corrected chi connectivity index (χ3v) is 2.35. The van der Waals surface area contributed by atoms with E-state index < -0.39 is 0 Å². The maximum absolute atomic E-state index is 4.36. The van der Waals surface area contributed by atoms with E-state index in [0.717, 1.165) is 17.8 Å². The molecule has 0 spiro atoms. The first-order valence-electron chi connectivity index (χ1n) is 5.34. The van der Waals surface area contributed by atoms with E-state index >= 15 is 0 Å². The van der Waals surface area contributed by atoms with Gasteiger partial charge in [-0.25, -0.2) is 0 Å². The molecular formula is C13H14N2. The number of hydrogen-bond acceptors (Lipinski definition) is 2. The molecule has 0 aliphatic carbocycles. The summed E-state index contributed by atoms with van der Waals surface area (Å²) in [6.45, 7) is 4.00. The summed E-state index contributed by atoms with van der Waals surface area (Å²) in [6.07, 6.45) is 4.72. The maximum Gasteiger partial charge on any atom is 0.0923 e. The van der Waals surface area contributed by atoms with Crippen molar-refractivity contribution in [1.82, 2.24) is 4.98 Å². The van der Waals surface area contributed by atoms with Crippen LogP contribution in [-0.2, 0) is 6.42 Å². The lowest BCUT2D eigenvalue weighted by Crippen LogP contribution is -1.85. The third-order valence-electron chi connectivity index (χ3n) is 2.35. The van der Waals surface area contributed by atoms with Crippen LogP contribution in [0.25, 0.3) is 10.8 Å². The highest BCUT2D eigenvalue weighted by Gasteiger charge is 2.10. The zero-order chi connectivity index (χ0) is 10.7. The number of fused-ring (bicyclic) bond motifs is 3. The molecule has 0 unspecified atom stereocenters. The predicted octanol–water partition coefficient (Wildman–Crippen LogP) is 3.52. The van der Waals surface area contributed by atoms with Crippen LogP contribution in [0.3, 0.4) is 0 Å². The Kier molecular flexibility index (Phi) is 2.77. The number of aliphatic imine (C=N–C) groups is 1. The Morgan fingerprint density at radius 3 is 2.80 bits per heavy atom. The van der Waals surface area contributed by atoms with Crippen LogP contribution < -0.4 is 0 Å². The van der Waals surface area contributed by atoms with Crippen LogP contribution in [0, 0.1) is 0 Å². The SMILES string of the molecule is C1=Nc2c(ncc3ccccc23)C1.CC. The van der Waals surface area contributed by atoms with Crippen molar-refractivity contribution >= 4 is 22.7 Å². The highest BCUT2D eigenvalue weighted by atomic mass is 14.8. The summed E-state index contributed by atoms with van der Waals surface area (Å²) < 4.78 is 0. The second kappa shape index (κ2) is 4.22. The molecule has 0 saturated heterocycles. The van der Waals surface area contributed by atoms with Crippen molar-refractivity contribution in [3.8, 4) is 0 Å². The van der Waals surface area contributed by atoms with Gasteiger partial charge in [-0.05, 0) is 0 Å². The van der Waals surface area contributed by atoms with Crippen molar-refractivity contribution in [2.24, 2.45) is 4.99 Å². The first-order valence-corrected chi connectivity index (χ1v) is 5.34. The normalized spacial score (nSPS) is 12.1. The first-order chi connectivity index (χ1) is 7.45. The Morgan fingerprint density at radius 2 is 1.93 bits per heavy atom. The minimum Gasteiger partial charge on any atom is -0.258 e. The molecule has 0 atom stereocenters. The van der Waals surface area contributed by atoms with E-state index in [-0.39, 0.29) is 0 Å². The number of hydrogen-bond donors (Lipinski definition) is 0. The van der Waals surface area contributed by atoms with Crippen LogP contribution in [0.15, 0.2) is 35.5 Å². The van der Waals surface area contributed by atoms with E-state index in [1.165, 1.54) is 10.8 Å². The molecule has 0 fully saturated rings. The van der Waals surface area contributed by atoms with Gasteiger partial charge in [0, 0.05) is 29.6 Å². The molecular weight excluding hydrogens is 184 g/mol. The summed E-state index contributed by atoms with van der Waals surface area (Å²) in [4.78, 5) is 8.70. The molecule has 1 aliphatic rings. The van der Waals surface area contributed by atoms with Gasteiger partial charge < -0.3 is 0 Å². The fourth-order valence-corrected chi connectivity index (χ4v) is 1.71. The van der Waals surface area contributed by atoms with Crippen molar-refractivity contribution in [2.75, 3.05) is 0 Å². The minimum absolute atomic E-state index is 0.875. The zero-order valence-corrected chi connectivity index (χ0v) is 9.07. The maximum atomic E-state index is 4.36. The Balaban J connectivity index is 0.000000404. The molecule has 1 aromatic heterocycles. The molecule has 0 amide bonds. The average Bonchev–Trinajstić information content (AvgIpc) is 2.80. The Hall–Kier alpha value is -1.70. The van der Waals surface area contributed by atoms with Gasteiger partial charge in [0.05, 0.1) is 11.4 Å². The van der Waals surface area contributed by atoms with Crippen LogP contribution in [0.4, 0.5) is 5.69 Å². The van der Waals surface area contributed by atoms with Crippen LogP contribution in [0.2, 0.25) is 0 Å². The number of rotatable bonds is 0. The fraction of sp³-hybridized carbons (Fsp3) is 0.231. The first kappa shape index (κ1) is 9.84. The quantitative estimate of drug-likeness (QED) is 0.635. The number of pyridine rings is 1. The van der Waals surface area contributed by atoms with Gasteiger partial charge >= 0.3 is 0 Å². The second-order valence-corrected chi connectivity index (χ2v) is 3.16. The lowest BCUT2D eigenvalue weighted by atomic mass is 10.1. The average molecular weight is 198 g/mol. The van der Waals surface area contributed by atoms with Gasteiger partial charge in [0.2, 0.25) is 0 Å². The molecule has 3 rings (SSSR count). The monoisotopic (exact) mass is 198 g/mol. The summed E-state index contributed by atoms with van der Waals surface area (Å²) >= 11 is 0.